The molecule has 1 aliphatic rings. The van der Waals surface area contributed by atoms with Crippen molar-refractivity contribution in [1.82, 2.24) is 19.9 Å². The summed E-state index contributed by atoms with van der Waals surface area (Å²) in [6.45, 7) is 7.31. The number of piperidine rings is 1. The van der Waals surface area contributed by atoms with Crippen molar-refractivity contribution in [3.05, 3.63) is 72.1 Å². The molecular formula is C35H39F4N5O4. The van der Waals surface area contributed by atoms with E-state index in [1.165, 1.54) is 4.90 Å². The maximum Gasteiger partial charge on any atom is 0.414 e. The minimum Gasteiger partial charge on any atom is -0.444 e. The molecule has 0 unspecified atom stereocenters. The Morgan fingerprint density at radius 3 is 2.54 bits per heavy atom. The number of nitrogens with zero attached hydrogens (tertiary/aromatic N) is 4. The van der Waals surface area contributed by atoms with Crippen molar-refractivity contribution < 1.29 is 36.6 Å². The van der Waals surface area contributed by atoms with Crippen LogP contribution in [0.3, 0.4) is 0 Å². The Balaban J connectivity index is 1.38. The number of alkyl halides is 4. The fourth-order valence-corrected chi connectivity index (χ4v) is 5.70. The number of amides is 1. The lowest BCUT2D eigenvalue weighted by molar-refractivity contribution is -0.214. The van der Waals surface area contributed by atoms with Crippen LogP contribution < -0.4 is 10.1 Å². The maximum atomic E-state index is 14.7. The molecule has 5 rings (SSSR count). The Morgan fingerprint density at radius 2 is 1.81 bits per heavy atom. The Morgan fingerprint density at radius 1 is 1.02 bits per heavy atom. The predicted molar refractivity (Wildman–Crippen MR) is 174 cm³/mol. The van der Waals surface area contributed by atoms with Crippen molar-refractivity contribution in [2.75, 3.05) is 25.5 Å². The summed E-state index contributed by atoms with van der Waals surface area (Å²) in [6.07, 6.45) is -4.90. The number of benzene rings is 2. The molecule has 1 aliphatic heterocycles. The van der Waals surface area contributed by atoms with Gasteiger partial charge >= 0.3 is 12.3 Å². The highest BCUT2D eigenvalue weighted by molar-refractivity contribution is 5.92. The Labute approximate surface area is 276 Å². The normalized spacial score (nSPS) is 17.6. The number of halogens is 4. The molecule has 1 N–H and O–H groups in total. The average molecular weight is 670 g/mol. The Kier molecular flexibility index (Phi) is 10.4. The third kappa shape index (κ3) is 8.49. The quantitative estimate of drug-likeness (QED) is 0.179. The van der Waals surface area contributed by atoms with Crippen LogP contribution in [0.15, 0.2) is 60.9 Å². The van der Waals surface area contributed by atoms with Crippen molar-refractivity contribution in [3.8, 4) is 22.9 Å². The van der Waals surface area contributed by atoms with E-state index < -0.39 is 36.2 Å². The second kappa shape index (κ2) is 14.3. The topological polar surface area (TPSA) is 98.7 Å². The summed E-state index contributed by atoms with van der Waals surface area (Å²) >= 11 is 0. The number of carbonyl (C=O) groups excluding carboxylic acids is 1. The van der Waals surface area contributed by atoms with Crippen LogP contribution in [-0.4, -0.2) is 76.2 Å². The van der Waals surface area contributed by atoms with Gasteiger partial charge in [0.15, 0.2) is 6.10 Å². The molecule has 4 aromatic rings. The zero-order chi connectivity index (χ0) is 34.6. The average Bonchev–Trinajstić information content (AvgIpc) is 3.01. The minimum absolute atomic E-state index is 0.0549. The molecule has 3 heterocycles. The fourth-order valence-electron chi connectivity index (χ4n) is 5.70. The highest BCUT2D eigenvalue weighted by Crippen LogP contribution is 2.38. The third-order valence-electron chi connectivity index (χ3n) is 7.91. The van der Waals surface area contributed by atoms with Gasteiger partial charge in [-0.2, -0.15) is 13.2 Å². The highest BCUT2D eigenvalue weighted by atomic mass is 19.4. The van der Waals surface area contributed by atoms with Gasteiger partial charge in [-0.3, -0.25) is 0 Å². The molecule has 0 bridgehead atoms. The largest absolute Gasteiger partial charge is 0.444 e. The first-order valence-corrected chi connectivity index (χ1v) is 15.7. The zero-order valence-corrected chi connectivity index (χ0v) is 27.5. The molecule has 0 saturated carbocycles. The number of aromatic nitrogens is 3. The van der Waals surface area contributed by atoms with Gasteiger partial charge in [-0.1, -0.05) is 30.3 Å². The smallest absolute Gasteiger partial charge is 0.414 e. The van der Waals surface area contributed by atoms with Gasteiger partial charge in [0.05, 0.1) is 17.8 Å². The summed E-state index contributed by atoms with van der Waals surface area (Å²) < 4.78 is 71.3. The van der Waals surface area contributed by atoms with E-state index in [-0.39, 0.29) is 44.2 Å². The predicted octanol–water partition coefficient (Wildman–Crippen LogP) is 8.06. The van der Waals surface area contributed by atoms with Gasteiger partial charge in [0, 0.05) is 43.9 Å². The van der Waals surface area contributed by atoms with E-state index in [0.717, 1.165) is 29.0 Å². The molecule has 9 nitrogen and oxygen atoms in total. The van der Waals surface area contributed by atoms with Crippen molar-refractivity contribution in [2.45, 2.75) is 77.1 Å². The standard InChI is InChI=1S/C35H39F4N5O4/c1-21-11-13-25-22(12-14-29(46-5)35(37,38)39)8-6-9-26(25)30(21)47-31-27(10-7-16-40-31)28-15-17-41-32(43-28)42-24-18-23(36)19-44(20-24)33(45)48-34(2,3)4/h6-11,13,15-17,23-24,29H,12,14,18-20H2,1-5H3,(H,41,42,43)/t23-,24-,29-/m0/s1. The number of ether oxygens (including phenoxy) is 3. The monoisotopic (exact) mass is 669 g/mol. The minimum atomic E-state index is -4.46. The number of likely N-dealkylation sites (tertiary alicyclic amines) is 1. The van der Waals surface area contributed by atoms with Crippen molar-refractivity contribution in [3.63, 3.8) is 0 Å². The van der Waals surface area contributed by atoms with E-state index in [0.29, 0.717) is 17.0 Å². The first-order valence-electron chi connectivity index (χ1n) is 15.7. The van der Waals surface area contributed by atoms with E-state index in [1.54, 1.807) is 63.5 Å². The van der Waals surface area contributed by atoms with Crippen molar-refractivity contribution >= 4 is 22.8 Å². The lowest BCUT2D eigenvalue weighted by Gasteiger charge is -2.36. The molecule has 0 spiro atoms. The fraction of sp³-hybridized carbons (Fsp3) is 0.429. The molecule has 0 radical (unpaired) electrons. The SMILES string of the molecule is CO[C@@H](CCc1cccc2c(Oc3ncccc3-c3ccnc(N[C@H]4C[C@H](F)CN(C(=O)OC(C)(C)C)C4)n3)c(C)ccc12)C(F)(F)F. The van der Waals surface area contributed by atoms with Gasteiger partial charge in [-0.25, -0.2) is 24.1 Å². The summed E-state index contributed by atoms with van der Waals surface area (Å²) in [7, 11) is 1.06. The van der Waals surface area contributed by atoms with Gasteiger partial charge in [0.1, 0.15) is 17.5 Å². The third-order valence-corrected chi connectivity index (χ3v) is 7.91. The van der Waals surface area contributed by atoms with E-state index >= 15 is 0 Å². The number of nitrogens with one attached hydrogen (secondary N) is 1. The van der Waals surface area contributed by atoms with Crippen LogP contribution in [0.5, 0.6) is 11.6 Å². The molecule has 2 aromatic heterocycles. The molecule has 1 fully saturated rings. The first-order chi connectivity index (χ1) is 22.7. The molecule has 13 heteroatoms. The van der Waals surface area contributed by atoms with Gasteiger partial charge in [-0.05, 0) is 75.2 Å². The number of carbonyl (C=O) groups is 1. The zero-order valence-electron chi connectivity index (χ0n) is 27.5. The molecule has 0 aliphatic carbocycles. The number of hydrogen-bond acceptors (Lipinski definition) is 8. The summed E-state index contributed by atoms with van der Waals surface area (Å²) in [6, 6.07) is 14.0. The number of rotatable bonds is 9. The Hall–Kier alpha value is -4.52. The molecule has 1 saturated heterocycles. The maximum absolute atomic E-state index is 14.7. The van der Waals surface area contributed by atoms with Crippen LogP contribution in [0.1, 0.15) is 44.7 Å². The van der Waals surface area contributed by atoms with Gasteiger partial charge < -0.3 is 24.4 Å². The second-order valence-electron chi connectivity index (χ2n) is 12.8. The van der Waals surface area contributed by atoms with Gasteiger partial charge in [0.25, 0.3) is 0 Å². The van der Waals surface area contributed by atoms with Crippen LogP contribution in [0.2, 0.25) is 0 Å². The molecule has 2 aromatic carbocycles. The van der Waals surface area contributed by atoms with E-state index in [2.05, 4.69) is 20.3 Å². The van der Waals surface area contributed by atoms with E-state index in [4.69, 9.17) is 14.2 Å². The van der Waals surface area contributed by atoms with Crippen molar-refractivity contribution in [1.29, 1.82) is 0 Å². The van der Waals surface area contributed by atoms with E-state index in [9.17, 15) is 22.4 Å². The number of pyridine rings is 1. The molecule has 1 amide bonds. The summed E-state index contributed by atoms with van der Waals surface area (Å²) in [5.41, 5.74) is 1.88. The van der Waals surface area contributed by atoms with Crippen molar-refractivity contribution in [2.24, 2.45) is 0 Å². The number of aryl methyl sites for hydroxylation is 2. The van der Waals surface area contributed by atoms with Crippen LogP contribution in [0, 0.1) is 6.92 Å². The Bertz CT molecular complexity index is 1750. The number of anilines is 1. The summed E-state index contributed by atoms with van der Waals surface area (Å²) in [5.74, 6) is 1.02. The van der Waals surface area contributed by atoms with Gasteiger partial charge in [-0.15, -0.1) is 0 Å². The molecule has 3 atom stereocenters. The molecule has 256 valence electrons. The van der Waals surface area contributed by atoms with Crippen LogP contribution in [0.25, 0.3) is 22.0 Å². The number of hydrogen-bond donors (Lipinski definition) is 1. The second-order valence-corrected chi connectivity index (χ2v) is 12.8. The number of fused-ring (bicyclic) bond motifs is 1. The van der Waals surface area contributed by atoms with Gasteiger partial charge in [0.2, 0.25) is 11.8 Å². The van der Waals surface area contributed by atoms with E-state index in [1.807, 2.05) is 25.1 Å². The lowest BCUT2D eigenvalue weighted by atomic mass is 9.97. The molecular weight excluding hydrogens is 630 g/mol. The summed E-state index contributed by atoms with van der Waals surface area (Å²) in [5, 5.41) is 4.65. The lowest BCUT2D eigenvalue weighted by Crippen LogP contribution is -2.51. The number of methoxy groups -OCH3 is 1. The van der Waals surface area contributed by atoms with Crippen LogP contribution in [0.4, 0.5) is 28.3 Å². The summed E-state index contributed by atoms with van der Waals surface area (Å²) in [4.78, 5) is 27.4. The first kappa shape index (κ1) is 34.8. The highest BCUT2D eigenvalue weighted by Gasteiger charge is 2.39. The van der Waals surface area contributed by atoms with Crippen LogP contribution >= 0.6 is 0 Å². The molecule has 48 heavy (non-hydrogen) atoms. The van der Waals surface area contributed by atoms with Crippen LogP contribution in [-0.2, 0) is 15.9 Å².